The molecule has 4 nitrogen and oxygen atoms in total. The van der Waals surface area contributed by atoms with Crippen molar-refractivity contribution >= 4 is 5.91 Å². The van der Waals surface area contributed by atoms with Crippen molar-refractivity contribution in [3.05, 3.63) is 34.4 Å². The average Bonchev–Trinajstić information content (AvgIpc) is 2.28. The summed E-state index contributed by atoms with van der Waals surface area (Å²) in [5, 5.41) is 2.91. The monoisotopic (exact) mass is 265 g/mol. The van der Waals surface area contributed by atoms with Gasteiger partial charge in [-0.25, -0.2) is 0 Å². The molecule has 4 heteroatoms. The maximum atomic E-state index is 12.3. The Morgan fingerprint density at radius 2 is 1.58 bits per heavy atom. The zero-order valence-electron chi connectivity index (χ0n) is 12.5. The SMILES string of the molecule is COC(OC)C(C)NC(=O)c1c(C)cc(C)cc1C. The molecule has 0 aliphatic rings. The van der Waals surface area contributed by atoms with Crippen LogP contribution >= 0.6 is 0 Å². The highest BCUT2D eigenvalue weighted by Crippen LogP contribution is 2.16. The van der Waals surface area contributed by atoms with Crippen molar-refractivity contribution in [2.75, 3.05) is 14.2 Å². The third kappa shape index (κ3) is 3.78. The molecule has 106 valence electrons. The normalized spacial score (nSPS) is 12.6. The van der Waals surface area contributed by atoms with Crippen molar-refractivity contribution in [1.82, 2.24) is 5.32 Å². The number of hydrogen-bond acceptors (Lipinski definition) is 3. The van der Waals surface area contributed by atoms with E-state index in [2.05, 4.69) is 5.32 Å². The van der Waals surface area contributed by atoms with Gasteiger partial charge in [-0.2, -0.15) is 0 Å². The Bertz CT molecular complexity index is 430. The second-order valence-electron chi connectivity index (χ2n) is 4.88. The number of carbonyl (C=O) groups is 1. The highest BCUT2D eigenvalue weighted by atomic mass is 16.7. The Labute approximate surface area is 115 Å². The zero-order valence-corrected chi connectivity index (χ0v) is 12.5. The third-order valence-electron chi connectivity index (χ3n) is 3.14. The number of aryl methyl sites for hydroxylation is 3. The quantitative estimate of drug-likeness (QED) is 0.831. The molecule has 0 saturated carbocycles. The molecule has 0 spiro atoms. The first-order valence-electron chi connectivity index (χ1n) is 6.35. The van der Waals surface area contributed by atoms with Gasteiger partial charge >= 0.3 is 0 Å². The fraction of sp³-hybridized carbons (Fsp3) is 0.533. The van der Waals surface area contributed by atoms with E-state index in [1.807, 2.05) is 39.8 Å². The van der Waals surface area contributed by atoms with Crippen LogP contribution in [0.2, 0.25) is 0 Å². The van der Waals surface area contributed by atoms with E-state index in [1.165, 1.54) is 0 Å². The van der Waals surface area contributed by atoms with Crippen LogP contribution in [0.3, 0.4) is 0 Å². The molecular formula is C15H23NO3. The summed E-state index contributed by atoms with van der Waals surface area (Å²) in [5.41, 5.74) is 3.84. The van der Waals surface area contributed by atoms with Crippen molar-refractivity contribution < 1.29 is 14.3 Å². The lowest BCUT2D eigenvalue weighted by Crippen LogP contribution is -2.43. The van der Waals surface area contributed by atoms with Gasteiger partial charge in [-0.05, 0) is 38.8 Å². The summed E-state index contributed by atoms with van der Waals surface area (Å²) in [5.74, 6) is -0.0957. The third-order valence-corrected chi connectivity index (χ3v) is 3.14. The Morgan fingerprint density at radius 3 is 2.00 bits per heavy atom. The molecule has 0 heterocycles. The van der Waals surface area contributed by atoms with Crippen molar-refractivity contribution in [1.29, 1.82) is 0 Å². The molecule has 0 aromatic heterocycles. The summed E-state index contributed by atoms with van der Waals surface area (Å²) in [6.07, 6.45) is -0.449. The zero-order chi connectivity index (χ0) is 14.6. The van der Waals surface area contributed by atoms with Gasteiger partial charge in [-0.15, -0.1) is 0 Å². The van der Waals surface area contributed by atoms with Crippen molar-refractivity contribution in [2.24, 2.45) is 0 Å². The van der Waals surface area contributed by atoms with Gasteiger partial charge in [0.2, 0.25) is 0 Å². The predicted octanol–water partition coefficient (Wildman–Crippen LogP) is 2.35. The van der Waals surface area contributed by atoms with E-state index >= 15 is 0 Å². The van der Waals surface area contributed by atoms with Crippen LogP contribution in [-0.2, 0) is 9.47 Å². The molecule has 1 N–H and O–H groups in total. The Hall–Kier alpha value is -1.39. The molecule has 1 unspecified atom stereocenters. The Balaban J connectivity index is 2.90. The molecule has 0 saturated heterocycles. The minimum Gasteiger partial charge on any atom is -0.354 e. The van der Waals surface area contributed by atoms with Crippen LogP contribution in [0.5, 0.6) is 0 Å². The molecule has 1 aromatic rings. The number of amides is 1. The number of hydrogen-bond donors (Lipinski definition) is 1. The summed E-state index contributed by atoms with van der Waals surface area (Å²) in [4.78, 5) is 12.3. The van der Waals surface area contributed by atoms with Gasteiger partial charge in [0.15, 0.2) is 6.29 Å². The summed E-state index contributed by atoms with van der Waals surface area (Å²) < 4.78 is 10.3. The Kier molecular flexibility index (Phi) is 5.51. The molecule has 1 atom stereocenters. The van der Waals surface area contributed by atoms with E-state index in [4.69, 9.17) is 9.47 Å². The minimum atomic E-state index is -0.449. The molecule has 1 aromatic carbocycles. The number of rotatable bonds is 5. The average molecular weight is 265 g/mol. The van der Waals surface area contributed by atoms with E-state index < -0.39 is 6.29 Å². The van der Waals surface area contributed by atoms with Gasteiger partial charge in [-0.3, -0.25) is 4.79 Å². The second-order valence-corrected chi connectivity index (χ2v) is 4.88. The van der Waals surface area contributed by atoms with E-state index in [-0.39, 0.29) is 11.9 Å². The highest BCUT2D eigenvalue weighted by molar-refractivity contribution is 5.97. The summed E-state index contributed by atoms with van der Waals surface area (Å²) in [7, 11) is 3.11. The standard InChI is InChI=1S/C15H23NO3/c1-9-7-10(2)13(11(3)8-9)14(17)16-12(4)15(18-5)19-6/h7-8,12,15H,1-6H3,(H,16,17). The van der Waals surface area contributed by atoms with Crippen LogP contribution in [0.25, 0.3) is 0 Å². The summed E-state index contributed by atoms with van der Waals surface area (Å²) in [6, 6.07) is 3.80. The molecule has 1 rings (SSSR count). The maximum Gasteiger partial charge on any atom is 0.252 e. The first-order valence-corrected chi connectivity index (χ1v) is 6.35. The first kappa shape index (κ1) is 15.7. The van der Waals surface area contributed by atoms with Crippen LogP contribution in [0, 0.1) is 20.8 Å². The maximum absolute atomic E-state index is 12.3. The van der Waals surface area contributed by atoms with E-state index in [0.717, 1.165) is 22.3 Å². The number of methoxy groups -OCH3 is 2. The number of nitrogens with one attached hydrogen (secondary N) is 1. The van der Waals surface area contributed by atoms with Gasteiger partial charge in [0.25, 0.3) is 5.91 Å². The minimum absolute atomic E-state index is 0.0957. The molecule has 0 aliphatic heterocycles. The fourth-order valence-electron chi connectivity index (χ4n) is 2.39. The predicted molar refractivity (Wildman–Crippen MR) is 75.4 cm³/mol. The smallest absolute Gasteiger partial charge is 0.252 e. The van der Waals surface area contributed by atoms with Gasteiger partial charge in [0.05, 0.1) is 6.04 Å². The molecule has 0 bridgehead atoms. The summed E-state index contributed by atoms with van der Waals surface area (Å²) in [6.45, 7) is 7.78. The highest BCUT2D eigenvalue weighted by Gasteiger charge is 2.20. The second kappa shape index (κ2) is 6.68. The number of ether oxygens (including phenoxy) is 2. The van der Waals surface area contributed by atoms with Gasteiger partial charge in [0, 0.05) is 19.8 Å². The topological polar surface area (TPSA) is 47.6 Å². The lowest BCUT2D eigenvalue weighted by atomic mass is 9.99. The van der Waals surface area contributed by atoms with Crippen LogP contribution in [-0.4, -0.2) is 32.5 Å². The van der Waals surface area contributed by atoms with Crippen molar-refractivity contribution in [2.45, 2.75) is 40.0 Å². The molecular weight excluding hydrogens is 242 g/mol. The lowest BCUT2D eigenvalue weighted by molar-refractivity contribution is -0.117. The van der Waals surface area contributed by atoms with E-state index in [9.17, 15) is 4.79 Å². The number of benzene rings is 1. The molecule has 1 amide bonds. The lowest BCUT2D eigenvalue weighted by Gasteiger charge is -2.23. The molecule has 0 aliphatic carbocycles. The Morgan fingerprint density at radius 1 is 1.11 bits per heavy atom. The summed E-state index contributed by atoms with van der Waals surface area (Å²) >= 11 is 0. The molecule has 0 fully saturated rings. The van der Waals surface area contributed by atoms with Crippen LogP contribution in [0.15, 0.2) is 12.1 Å². The van der Waals surface area contributed by atoms with Gasteiger partial charge in [-0.1, -0.05) is 17.7 Å². The van der Waals surface area contributed by atoms with Crippen LogP contribution in [0.1, 0.15) is 34.0 Å². The van der Waals surface area contributed by atoms with Crippen LogP contribution < -0.4 is 5.32 Å². The fourth-order valence-corrected chi connectivity index (χ4v) is 2.39. The van der Waals surface area contributed by atoms with Crippen LogP contribution in [0.4, 0.5) is 0 Å². The van der Waals surface area contributed by atoms with E-state index in [1.54, 1.807) is 14.2 Å². The molecule has 0 radical (unpaired) electrons. The molecule has 19 heavy (non-hydrogen) atoms. The number of carbonyl (C=O) groups excluding carboxylic acids is 1. The van der Waals surface area contributed by atoms with Crippen molar-refractivity contribution in [3.8, 4) is 0 Å². The van der Waals surface area contributed by atoms with Gasteiger partial charge in [0.1, 0.15) is 0 Å². The largest absolute Gasteiger partial charge is 0.354 e. The first-order chi connectivity index (χ1) is 8.90. The van der Waals surface area contributed by atoms with Gasteiger partial charge < -0.3 is 14.8 Å². The van der Waals surface area contributed by atoms with Crippen molar-refractivity contribution in [3.63, 3.8) is 0 Å². The van der Waals surface area contributed by atoms with E-state index in [0.29, 0.717) is 0 Å².